The second-order valence-electron chi connectivity index (χ2n) is 3.04. The molecule has 1 N–H and O–H groups in total. The topological polar surface area (TPSA) is 57.6 Å². The Labute approximate surface area is 76.2 Å². The van der Waals surface area contributed by atoms with Crippen molar-refractivity contribution >= 4 is 11.8 Å². The number of aliphatic hydroxyl groups is 1. The third-order valence-electron chi connectivity index (χ3n) is 1.59. The van der Waals surface area contributed by atoms with Gasteiger partial charge in [-0.3, -0.25) is 9.59 Å². The fraction of sp³-hybridized carbons (Fsp3) is 0.333. The Bertz CT molecular complexity index is 282. The summed E-state index contributed by atoms with van der Waals surface area (Å²) in [4.78, 5) is 22.9. The van der Waals surface area contributed by atoms with Gasteiger partial charge in [-0.05, 0) is 19.9 Å². The number of rotatable bonds is 2. The van der Waals surface area contributed by atoms with Crippen LogP contribution in [0.4, 0.5) is 0 Å². The lowest BCUT2D eigenvalue weighted by molar-refractivity contribution is -0.144. The number of nitrogens with zero attached hydrogens (tertiary/aromatic N) is 1. The van der Waals surface area contributed by atoms with Crippen molar-refractivity contribution < 1.29 is 14.7 Å². The molecule has 0 saturated heterocycles. The number of allylic oxidation sites excluding steroid dienone is 1. The van der Waals surface area contributed by atoms with Crippen LogP contribution < -0.4 is 0 Å². The average Bonchev–Trinajstić information content (AvgIpc) is 2.29. The number of imide groups is 1. The molecular weight excluding hydrogens is 170 g/mol. The molecule has 0 aromatic carbocycles. The Morgan fingerprint density at radius 2 is 1.85 bits per heavy atom. The van der Waals surface area contributed by atoms with Crippen molar-refractivity contribution in [2.45, 2.75) is 20.1 Å². The molecule has 0 radical (unpaired) electrons. The zero-order valence-electron chi connectivity index (χ0n) is 7.52. The van der Waals surface area contributed by atoms with E-state index in [2.05, 4.69) is 0 Å². The number of hydrogen-bond donors (Lipinski definition) is 1. The molecule has 1 atom stereocenters. The van der Waals surface area contributed by atoms with Gasteiger partial charge in [0.1, 0.15) is 0 Å². The lowest BCUT2D eigenvalue weighted by Crippen LogP contribution is -2.38. The minimum absolute atomic E-state index is 0.477. The standard InChI is InChI=1S/C9H11NO3/c1-6(2)5-9(13)10-7(11)3-4-8(10)12/h3-5,9,13H,1-2H3. The summed E-state index contributed by atoms with van der Waals surface area (Å²) in [6.07, 6.45) is 2.58. The number of aliphatic hydroxyl groups excluding tert-OH is 1. The first-order valence-electron chi connectivity index (χ1n) is 3.90. The summed E-state index contributed by atoms with van der Waals surface area (Å²) >= 11 is 0. The second-order valence-corrected chi connectivity index (χ2v) is 3.04. The van der Waals surface area contributed by atoms with Crippen LogP contribution in [0.1, 0.15) is 13.8 Å². The first kappa shape index (κ1) is 9.67. The van der Waals surface area contributed by atoms with Gasteiger partial charge < -0.3 is 5.11 Å². The fourth-order valence-corrected chi connectivity index (χ4v) is 1.05. The third-order valence-corrected chi connectivity index (χ3v) is 1.59. The Kier molecular flexibility index (Phi) is 2.63. The van der Waals surface area contributed by atoms with E-state index in [1.807, 2.05) is 0 Å². The summed E-state index contributed by atoms with van der Waals surface area (Å²) in [7, 11) is 0. The smallest absolute Gasteiger partial charge is 0.256 e. The van der Waals surface area contributed by atoms with Crippen molar-refractivity contribution in [3.8, 4) is 0 Å². The molecule has 0 spiro atoms. The molecular formula is C9H11NO3. The molecule has 1 aliphatic rings. The molecule has 4 heteroatoms. The van der Waals surface area contributed by atoms with E-state index in [0.29, 0.717) is 0 Å². The van der Waals surface area contributed by atoms with Gasteiger partial charge in [-0.2, -0.15) is 0 Å². The third kappa shape index (κ3) is 2.03. The maximum Gasteiger partial charge on any atom is 0.256 e. The van der Waals surface area contributed by atoms with Gasteiger partial charge >= 0.3 is 0 Å². The zero-order chi connectivity index (χ0) is 10.0. The van der Waals surface area contributed by atoms with E-state index < -0.39 is 18.0 Å². The Balaban J connectivity index is 2.79. The summed E-state index contributed by atoms with van der Waals surface area (Å²) in [5.41, 5.74) is 0.847. The molecule has 0 aliphatic carbocycles. The first-order valence-corrected chi connectivity index (χ1v) is 3.90. The maximum absolute atomic E-state index is 11.0. The van der Waals surface area contributed by atoms with E-state index in [9.17, 15) is 14.7 Å². The van der Waals surface area contributed by atoms with Crippen LogP contribution in [0.2, 0.25) is 0 Å². The van der Waals surface area contributed by atoms with Crippen LogP contribution in [0.5, 0.6) is 0 Å². The highest BCUT2D eigenvalue weighted by Gasteiger charge is 2.28. The zero-order valence-corrected chi connectivity index (χ0v) is 7.52. The van der Waals surface area contributed by atoms with Gasteiger partial charge in [0.05, 0.1) is 0 Å². The van der Waals surface area contributed by atoms with E-state index in [-0.39, 0.29) is 0 Å². The van der Waals surface area contributed by atoms with Crippen molar-refractivity contribution in [3.05, 3.63) is 23.8 Å². The van der Waals surface area contributed by atoms with E-state index in [0.717, 1.165) is 22.6 Å². The van der Waals surface area contributed by atoms with Crippen molar-refractivity contribution in [3.63, 3.8) is 0 Å². The lowest BCUT2D eigenvalue weighted by Gasteiger charge is -2.18. The predicted molar refractivity (Wildman–Crippen MR) is 46.4 cm³/mol. The second kappa shape index (κ2) is 3.53. The molecule has 1 aliphatic heterocycles. The number of amides is 2. The number of carbonyl (C=O) groups is 2. The van der Waals surface area contributed by atoms with Crippen LogP contribution in [0.25, 0.3) is 0 Å². The van der Waals surface area contributed by atoms with Crippen molar-refractivity contribution in [2.24, 2.45) is 0 Å². The Morgan fingerprint density at radius 1 is 1.38 bits per heavy atom. The molecule has 0 aromatic rings. The highest BCUT2D eigenvalue weighted by Crippen LogP contribution is 2.09. The number of carbonyl (C=O) groups excluding carboxylic acids is 2. The molecule has 0 aromatic heterocycles. The van der Waals surface area contributed by atoms with E-state index in [1.165, 1.54) is 6.08 Å². The van der Waals surface area contributed by atoms with Gasteiger partial charge in [-0.25, -0.2) is 4.90 Å². The fourth-order valence-electron chi connectivity index (χ4n) is 1.05. The molecule has 0 saturated carbocycles. The van der Waals surface area contributed by atoms with Crippen LogP contribution in [0, 0.1) is 0 Å². The summed E-state index contributed by atoms with van der Waals surface area (Å²) < 4.78 is 0. The minimum Gasteiger partial charge on any atom is -0.369 e. The number of hydrogen-bond acceptors (Lipinski definition) is 3. The van der Waals surface area contributed by atoms with E-state index in [4.69, 9.17) is 0 Å². The molecule has 1 rings (SSSR count). The molecule has 0 bridgehead atoms. The molecule has 0 fully saturated rings. The monoisotopic (exact) mass is 181 g/mol. The summed E-state index contributed by atoms with van der Waals surface area (Å²) in [6, 6.07) is 0. The van der Waals surface area contributed by atoms with Gasteiger partial charge in [0.2, 0.25) is 0 Å². The van der Waals surface area contributed by atoms with Crippen LogP contribution in [-0.2, 0) is 9.59 Å². The largest absolute Gasteiger partial charge is 0.369 e. The molecule has 1 unspecified atom stereocenters. The van der Waals surface area contributed by atoms with Crippen LogP contribution in [-0.4, -0.2) is 28.0 Å². The summed E-state index contributed by atoms with van der Waals surface area (Å²) in [5, 5.41) is 9.43. The van der Waals surface area contributed by atoms with E-state index in [1.54, 1.807) is 13.8 Å². The Morgan fingerprint density at radius 3 is 2.23 bits per heavy atom. The molecule has 1 heterocycles. The summed E-state index contributed by atoms with van der Waals surface area (Å²) in [6.45, 7) is 3.56. The first-order chi connectivity index (χ1) is 6.02. The average molecular weight is 181 g/mol. The van der Waals surface area contributed by atoms with Crippen molar-refractivity contribution in [2.75, 3.05) is 0 Å². The molecule has 70 valence electrons. The highest BCUT2D eigenvalue weighted by molar-refractivity contribution is 6.13. The van der Waals surface area contributed by atoms with Crippen LogP contribution in [0.3, 0.4) is 0 Å². The maximum atomic E-state index is 11.0. The van der Waals surface area contributed by atoms with Gasteiger partial charge in [-0.1, -0.05) is 5.57 Å². The summed E-state index contributed by atoms with van der Waals surface area (Å²) in [5.74, 6) is -0.954. The minimum atomic E-state index is -1.15. The molecule has 4 nitrogen and oxygen atoms in total. The lowest BCUT2D eigenvalue weighted by atomic mass is 10.3. The Hall–Kier alpha value is -1.42. The normalized spacial score (nSPS) is 17.9. The van der Waals surface area contributed by atoms with Gasteiger partial charge in [-0.15, -0.1) is 0 Å². The SMILES string of the molecule is CC(C)=CC(O)N1C(=O)C=CC1=O. The predicted octanol–water partition coefficient (Wildman–Crippen LogP) is 0.196. The van der Waals surface area contributed by atoms with Gasteiger partial charge in [0.15, 0.2) is 6.23 Å². The van der Waals surface area contributed by atoms with Gasteiger partial charge in [0.25, 0.3) is 11.8 Å². The van der Waals surface area contributed by atoms with E-state index >= 15 is 0 Å². The van der Waals surface area contributed by atoms with Crippen LogP contribution >= 0.6 is 0 Å². The van der Waals surface area contributed by atoms with Gasteiger partial charge in [0, 0.05) is 12.2 Å². The van der Waals surface area contributed by atoms with Crippen molar-refractivity contribution in [1.82, 2.24) is 4.90 Å². The quantitative estimate of drug-likeness (QED) is 0.489. The molecule has 13 heavy (non-hydrogen) atoms. The highest BCUT2D eigenvalue weighted by atomic mass is 16.3. The van der Waals surface area contributed by atoms with Crippen molar-refractivity contribution in [1.29, 1.82) is 0 Å². The molecule has 2 amide bonds. The van der Waals surface area contributed by atoms with Crippen LogP contribution in [0.15, 0.2) is 23.8 Å².